The molecule has 1 atom stereocenters. The highest BCUT2D eigenvalue weighted by atomic mass is 127. The lowest BCUT2D eigenvalue weighted by Crippen LogP contribution is -2.47. The zero-order valence-electron chi connectivity index (χ0n) is 14.7. The van der Waals surface area contributed by atoms with Crippen molar-refractivity contribution in [2.75, 3.05) is 33.9 Å². The van der Waals surface area contributed by atoms with E-state index in [1.54, 1.807) is 14.2 Å². The molecule has 0 saturated carbocycles. The summed E-state index contributed by atoms with van der Waals surface area (Å²) < 4.78 is 12.1. The number of halogens is 1. The number of aliphatic imine (C=N–C) groups is 1. The van der Waals surface area contributed by atoms with Crippen LogP contribution in [0.25, 0.3) is 0 Å². The van der Waals surface area contributed by atoms with Crippen LogP contribution in [0.5, 0.6) is 0 Å². The molecule has 0 aromatic carbocycles. The van der Waals surface area contributed by atoms with Gasteiger partial charge in [-0.3, -0.25) is 4.99 Å². The zero-order valence-corrected chi connectivity index (χ0v) is 17.1. The smallest absolute Gasteiger partial charge is 0.191 e. The molecule has 1 aromatic rings. The van der Waals surface area contributed by atoms with Crippen LogP contribution < -0.4 is 10.6 Å². The van der Waals surface area contributed by atoms with Crippen molar-refractivity contribution in [2.45, 2.75) is 45.4 Å². The van der Waals surface area contributed by atoms with Crippen LogP contribution in [-0.4, -0.2) is 60.7 Å². The molecular weight excluding hydrogens is 423 g/mol. The van der Waals surface area contributed by atoms with E-state index in [-0.39, 0.29) is 24.0 Å². The molecule has 1 aliphatic heterocycles. The number of hydrogen-bond acceptors (Lipinski definition) is 5. The van der Waals surface area contributed by atoms with Crippen LogP contribution in [-0.2, 0) is 29.0 Å². The molecule has 0 bridgehead atoms. The van der Waals surface area contributed by atoms with Gasteiger partial charge in [-0.05, 0) is 19.8 Å². The third kappa shape index (κ3) is 6.52. The van der Waals surface area contributed by atoms with Gasteiger partial charge in [0.2, 0.25) is 0 Å². The van der Waals surface area contributed by atoms with Crippen LogP contribution in [0.3, 0.4) is 0 Å². The van der Waals surface area contributed by atoms with E-state index in [1.165, 1.54) is 0 Å². The predicted molar refractivity (Wildman–Crippen MR) is 104 cm³/mol. The first kappa shape index (κ1) is 21.1. The maximum Gasteiger partial charge on any atom is 0.191 e. The molecule has 2 heterocycles. The van der Waals surface area contributed by atoms with E-state index < -0.39 is 0 Å². The average Bonchev–Trinajstić information content (AvgIpc) is 2.93. The number of ether oxygens (including phenoxy) is 2. The van der Waals surface area contributed by atoms with Gasteiger partial charge in [-0.25, -0.2) is 9.67 Å². The van der Waals surface area contributed by atoms with Crippen LogP contribution in [0, 0.1) is 0 Å². The normalized spacial score (nSPS) is 17.1. The van der Waals surface area contributed by atoms with Gasteiger partial charge in [0, 0.05) is 46.4 Å². The summed E-state index contributed by atoms with van der Waals surface area (Å²) in [7, 11) is 3.37. The summed E-state index contributed by atoms with van der Waals surface area (Å²) >= 11 is 0. The SMILES string of the molecule is CCNC(=NCCCOC)NC1CCc2nc(COC)nn2C1.I. The van der Waals surface area contributed by atoms with Gasteiger partial charge < -0.3 is 20.1 Å². The summed E-state index contributed by atoms with van der Waals surface area (Å²) in [6.07, 6.45) is 2.86. The van der Waals surface area contributed by atoms with Crippen molar-refractivity contribution in [1.82, 2.24) is 25.4 Å². The number of methoxy groups -OCH3 is 2. The Bertz CT molecular complexity index is 508. The van der Waals surface area contributed by atoms with E-state index in [0.717, 1.165) is 63.1 Å². The van der Waals surface area contributed by atoms with Crippen LogP contribution in [0.1, 0.15) is 31.4 Å². The van der Waals surface area contributed by atoms with Crippen molar-refractivity contribution in [2.24, 2.45) is 4.99 Å². The minimum atomic E-state index is 0. The van der Waals surface area contributed by atoms with Crippen LogP contribution >= 0.6 is 24.0 Å². The summed E-state index contributed by atoms with van der Waals surface area (Å²) in [6.45, 7) is 5.66. The van der Waals surface area contributed by atoms with E-state index in [0.29, 0.717) is 12.6 Å². The summed E-state index contributed by atoms with van der Waals surface area (Å²) in [6, 6.07) is 0.305. The molecule has 0 spiro atoms. The second kappa shape index (κ2) is 11.6. The predicted octanol–water partition coefficient (Wildman–Crippen LogP) is 0.949. The summed E-state index contributed by atoms with van der Waals surface area (Å²) in [5.41, 5.74) is 0. The molecule has 24 heavy (non-hydrogen) atoms. The first-order valence-corrected chi connectivity index (χ1v) is 8.22. The van der Waals surface area contributed by atoms with Crippen molar-refractivity contribution in [3.05, 3.63) is 11.6 Å². The first-order chi connectivity index (χ1) is 11.3. The molecule has 0 radical (unpaired) electrons. The molecule has 138 valence electrons. The lowest BCUT2D eigenvalue weighted by atomic mass is 10.1. The lowest BCUT2D eigenvalue weighted by Gasteiger charge is -2.25. The number of guanidine groups is 1. The van der Waals surface area contributed by atoms with E-state index in [1.807, 2.05) is 4.68 Å². The highest BCUT2D eigenvalue weighted by Gasteiger charge is 2.22. The standard InChI is InChI=1S/C15H28N6O2.HI/c1-4-16-15(17-8-5-9-22-2)18-12-6-7-14-19-13(11-23-3)20-21(14)10-12;/h12H,4-11H2,1-3H3,(H2,16,17,18);1H. The Labute approximate surface area is 160 Å². The quantitative estimate of drug-likeness (QED) is 0.265. The van der Waals surface area contributed by atoms with Crippen LogP contribution in [0.2, 0.25) is 0 Å². The summed E-state index contributed by atoms with van der Waals surface area (Å²) in [5.74, 6) is 2.65. The van der Waals surface area contributed by atoms with E-state index >= 15 is 0 Å². The Morgan fingerprint density at radius 1 is 1.38 bits per heavy atom. The van der Waals surface area contributed by atoms with Crippen LogP contribution in [0.4, 0.5) is 0 Å². The van der Waals surface area contributed by atoms with Crippen LogP contribution in [0.15, 0.2) is 4.99 Å². The molecule has 9 heteroatoms. The zero-order chi connectivity index (χ0) is 16.5. The molecule has 2 N–H and O–H groups in total. The Hall–Kier alpha value is -0.940. The van der Waals surface area contributed by atoms with E-state index in [9.17, 15) is 0 Å². The number of nitrogens with zero attached hydrogens (tertiary/aromatic N) is 4. The van der Waals surface area contributed by atoms with Crippen molar-refractivity contribution < 1.29 is 9.47 Å². The molecule has 1 aromatic heterocycles. The number of aryl methyl sites for hydroxylation is 1. The first-order valence-electron chi connectivity index (χ1n) is 8.22. The maximum absolute atomic E-state index is 5.10. The Balaban J connectivity index is 0.00000288. The third-order valence-corrected chi connectivity index (χ3v) is 3.64. The van der Waals surface area contributed by atoms with Gasteiger partial charge in [0.1, 0.15) is 12.4 Å². The van der Waals surface area contributed by atoms with Crippen molar-refractivity contribution >= 4 is 29.9 Å². The van der Waals surface area contributed by atoms with Gasteiger partial charge in [0.15, 0.2) is 11.8 Å². The highest BCUT2D eigenvalue weighted by Crippen LogP contribution is 2.13. The minimum Gasteiger partial charge on any atom is -0.385 e. The van der Waals surface area contributed by atoms with Gasteiger partial charge >= 0.3 is 0 Å². The Morgan fingerprint density at radius 2 is 2.21 bits per heavy atom. The molecule has 0 aliphatic carbocycles. The van der Waals surface area contributed by atoms with E-state index in [4.69, 9.17) is 9.47 Å². The van der Waals surface area contributed by atoms with Crippen molar-refractivity contribution in [1.29, 1.82) is 0 Å². The Morgan fingerprint density at radius 3 is 2.92 bits per heavy atom. The van der Waals surface area contributed by atoms with Gasteiger partial charge in [0.05, 0.1) is 6.54 Å². The second-order valence-corrected chi connectivity index (χ2v) is 5.55. The van der Waals surface area contributed by atoms with Gasteiger partial charge in [-0.2, -0.15) is 5.10 Å². The topological polar surface area (TPSA) is 85.6 Å². The van der Waals surface area contributed by atoms with Crippen molar-refractivity contribution in [3.8, 4) is 0 Å². The third-order valence-electron chi connectivity index (χ3n) is 3.64. The summed E-state index contributed by atoms with van der Waals surface area (Å²) in [5, 5.41) is 11.3. The van der Waals surface area contributed by atoms with Crippen molar-refractivity contribution in [3.63, 3.8) is 0 Å². The fourth-order valence-electron chi connectivity index (χ4n) is 2.58. The van der Waals surface area contributed by atoms with Gasteiger partial charge in [0.25, 0.3) is 0 Å². The number of nitrogens with one attached hydrogen (secondary N) is 2. The second-order valence-electron chi connectivity index (χ2n) is 5.55. The summed E-state index contributed by atoms with van der Waals surface area (Å²) in [4.78, 5) is 9.08. The molecule has 0 amide bonds. The molecule has 2 rings (SSSR count). The highest BCUT2D eigenvalue weighted by molar-refractivity contribution is 14.0. The number of fused-ring (bicyclic) bond motifs is 1. The fraction of sp³-hybridized carbons (Fsp3) is 0.800. The molecule has 8 nitrogen and oxygen atoms in total. The maximum atomic E-state index is 5.10. The average molecular weight is 452 g/mol. The molecular formula is C15H29IN6O2. The number of hydrogen-bond donors (Lipinski definition) is 2. The largest absolute Gasteiger partial charge is 0.385 e. The van der Waals surface area contributed by atoms with E-state index in [2.05, 4.69) is 32.6 Å². The molecule has 1 aliphatic rings. The minimum absolute atomic E-state index is 0. The monoisotopic (exact) mass is 452 g/mol. The number of aromatic nitrogens is 3. The van der Waals surface area contributed by atoms with Gasteiger partial charge in [-0.1, -0.05) is 0 Å². The molecule has 0 saturated heterocycles. The van der Waals surface area contributed by atoms with Gasteiger partial charge in [-0.15, -0.1) is 24.0 Å². The lowest BCUT2D eigenvalue weighted by molar-refractivity contribution is 0.177. The fourth-order valence-corrected chi connectivity index (χ4v) is 2.58. The molecule has 1 unspecified atom stereocenters. The Kier molecular flexibility index (Phi) is 10.2. The molecule has 0 fully saturated rings. The number of rotatable bonds is 8.